The molecule has 1 atom stereocenters. The summed E-state index contributed by atoms with van der Waals surface area (Å²) in [5.74, 6) is 0.0492. The zero-order valence-corrected chi connectivity index (χ0v) is 15.4. The van der Waals surface area contributed by atoms with E-state index in [1.165, 1.54) is 5.56 Å². The van der Waals surface area contributed by atoms with Crippen LogP contribution in [0.3, 0.4) is 0 Å². The zero-order chi connectivity index (χ0) is 18.5. The standard InChI is InChI=1S/C25H25NO/c27-25(17-20-10-4-1-5-11-20,18-21-12-6-2-7-13-21)23-16-24(26-19-23)22-14-8-3-9-15-22/h1-16,23,26-27H,17-19H2/t23-/m1/s1. The first-order chi connectivity index (χ1) is 13.2. The normalized spacial score (nSPS) is 16.6. The van der Waals surface area contributed by atoms with E-state index < -0.39 is 5.60 Å². The molecule has 3 aromatic rings. The van der Waals surface area contributed by atoms with Gasteiger partial charge in [0.05, 0.1) is 5.60 Å². The van der Waals surface area contributed by atoms with Gasteiger partial charge in [-0.1, -0.05) is 97.1 Å². The highest BCUT2D eigenvalue weighted by molar-refractivity contribution is 5.66. The summed E-state index contributed by atoms with van der Waals surface area (Å²) in [4.78, 5) is 0. The average molecular weight is 355 g/mol. The number of hydrogen-bond acceptors (Lipinski definition) is 2. The SMILES string of the molecule is OC(Cc1ccccc1)(Cc1ccccc1)[C@@H]1C=C(c2ccccc2)NC1. The minimum atomic E-state index is -0.841. The molecule has 0 bridgehead atoms. The van der Waals surface area contributed by atoms with E-state index in [1.54, 1.807) is 0 Å². The van der Waals surface area contributed by atoms with Crippen molar-refractivity contribution >= 4 is 5.70 Å². The van der Waals surface area contributed by atoms with Crippen LogP contribution in [-0.4, -0.2) is 17.3 Å². The predicted octanol–water partition coefficient (Wildman–Crippen LogP) is 4.46. The Morgan fingerprint density at radius 2 is 1.22 bits per heavy atom. The Bertz CT molecular complexity index is 846. The molecule has 0 amide bonds. The molecule has 2 heteroatoms. The zero-order valence-electron chi connectivity index (χ0n) is 15.4. The molecular formula is C25H25NO. The van der Waals surface area contributed by atoms with Crippen molar-refractivity contribution in [2.45, 2.75) is 18.4 Å². The fourth-order valence-electron chi connectivity index (χ4n) is 3.92. The summed E-state index contributed by atoms with van der Waals surface area (Å²) in [6, 6.07) is 30.9. The summed E-state index contributed by atoms with van der Waals surface area (Å²) in [5.41, 5.74) is 3.77. The lowest BCUT2D eigenvalue weighted by molar-refractivity contribution is 0.00386. The Hall–Kier alpha value is -2.84. The number of hydrogen-bond donors (Lipinski definition) is 2. The first-order valence-electron chi connectivity index (χ1n) is 9.54. The van der Waals surface area contributed by atoms with Crippen LogP contribution < -0.4 is 5.32 Å². The van der Waals surface area contributed by atoms with Gasteiger partial charge >= 0.3 is 0 Å². The van der Waals surface area contributed by atoms with E-state index in [1.807, 2.05) is 54.6 Å². The second-order valence-electron chi connectivity index (χ2n) is 7.36. The van der Waals surface area contributed by atoms with E-state index in [-0.39, 0.29) is 5.92 Å². The van der Waals surface area contributed by atoms with E-state index in [0.717, 1.165) is 23.4 Å². The van der Waals surface area contributed by atoms with Gasteiger partial charge in [0, 0.05) is 31.0 Å². The van der Waals surface area contributed by atoms with Crippen molar-refractivity contribution < 1.29 is 5.11 Å². The monoisotopic (exact) mass is 355 g/mol. The van der Waals surface area contributed by atoms with E-state index in [4.69, 9.17) is 0 Å². The van der Waals surface area contributed by atoms with Crippen LogP contribution >= 0.6 is 0 Å². The summed E-state index contributed by atoms with van der Waals surface area (Å²) in [6.45, 7) is 0.750. The minimum Gasteiger partial charge on any atom is -0.389 e. The summed E-state index contributed by atoms with van der Waals surface area (Å²) in [7, 11) is 0. The summed E-state index contributed by atoms with van der Waals surface area (Å²) < 4.78 is 0. The molecule has 2 nitrogen and oxygen atoms in total. The van der Waals surface area contributed by atoms with Crippen molar-refractivity contribution in [1.29, 1.82) is 0 Å². The van der Waals surface area contributed by atoms with E-state index in [9.17, 15) is 5.11 Å². The van der Waals surface area contributed by atoms with Gasteiger partial charge in [-0.3, -0.25) is 0 Å². The van der Waals surface area contributed by atoms with Gasteiger partial charge < -0.3 is 10.4 Å². The molecule has 0 saturated carbocycles. The van der Waals surface area contributed by atoms with Gasteiger partial charge in [0.15, 0.2) is 0 Å². The predicted molar refractivity (Wildman–Crippen MR) is 111 cm³/mol. The maximum absolute atomic E-state index is 11.8. The Balaban J connectivity index is 1.64. The van der Waals surface area contributed by atoms with Crippen LogP contribution in [-0.2, 0) is 12.8 Å². The van der Waals surface area contributed by atoms with Crippen molar-refractivity contribution in [2.75, 3.05) is 6.54 Å². The van der Waals surface area contributed by atoms with Crippen molar-refractivity contribution in [3.8, 4) is 0 Å². The third-order valence-electron chi connectivity index (χ3n) is 5.36. The highest BCUT2D eigenvalue weighted by Crippen LogP contribution is 2.33. The van der Waals surface area contributed by atoms with Gasteiger partial charge in [0.2, 0.25) is 0 Å². The van der Waals surface area contributed by atoms with Gasteiger partial charge in [-0.15, -0.1) is 0 Å². The molecular weight excluding hydrogens is 330 g/mol. The molecule has 3 aromatic carbocycles. The molecule has 0 unspecified atom stereocenters. The van der Waals surface area contributed by atoms with Crippen molar-refractivity contribution in [3.05, 3.63) is 114 Å². The lowest BCUT2D eigenvalue weighted by Gasteiger charge is -2.33. The molecule has 1 aliphatic heterocycles. The van der Waals surface area contributed by atoms with Crippen LogP contribution in [0.1, 0.15) is 16.7 Å². The first kappa shape index (κ1) is 17.6. The van der Waals surface area contributed by atoms with Gasteiger partial charge in [-0.2, -0.15) is 0 Å². The number of benzene rings is 3. The van der Waals surface area contributed by atoms with E-state index >= 15 is 0 Å². The number of aliphatic hydroxyl groups is 1. The molecule has 136 valence electrons. The second kappa shape index (κ2) is 7.81. The Morgan fingerprint density at radius 1 is 0.741 bits per heavy atom. The quantitative estimate of drug-likeness (QED) is 0.684. The topological polar surface area (TPSA) is 32.3 Å². The molecule has 4 rings (SSSR count). The van der Waals surface area contributed by atoms with Crippen LogP contribution in [0.4, 0.5) is 0 Å². The van der Waals surface area contributed by atoms with E-state index in [2.05, 4.69) is 47.8 Å². The first-order valence-corrected chi connectivity index (χ1v) is 9.54. The Labute approximate surface area is 161 Å². The molecule has 1 aliphatic rings. The highest BCUT2D eigenvalue weighted by atomic mass is 16.3. The molecule has 0 radical (unpaired) electrons. The molecule has 1 heterocycles. The van der Waals surface area contributed by atoms with Gasteiger partial charge in [0.25, 0.3) is 0 Å². The van der Waals surface area contributed by atoms with Crippen molar-refractivity contribution in [1.82, 2.24) is 5.32 Å². The molecule has 2 N–H and O–H groups in total. The third-order valence-corrected chi connectivity index (χ3v) is 5.36. The summed E-state index contributed by atoms with van der Waals surface area (Å²) in [5, 5.41) is 15.3. The Kier molecular flexibility index (Phi) is 5.08. The molecule has 0 saturated heterocycles. The molecule has 0 aromatic heterocycles. The molecule has 0 aliphatic carbocycles. The van der Waals surface area contributed by atoms with Crippen LogP contribution in [0, 0.1) is 5.92 Å². The van der Waals surface area contributed by atoms with Gasteiger partial charge in [-0.05, 0) is 16.7 Å². The maximum Gasteiger partial charge on any atom is 0.0808 e. The summed E-state index contributed by atoms with van der Waals surface area (Å²) in [6.07, 6.45) is 3.47. The maximum atomic E-state index is 11.8. The highest BCUT2D eigenvalue weighted by Gasteiger charge is 2.38. The number of nitrogens with one attached hydrogen (secondary N) is 1. The van der Waals surface area contributed by atoms with Crippen molar-refractivity contribution in [2.24, 2.45) is 5.92 Å². The largest absolute Gasteiger partial charge is 0.389 e. The lowest BCUT2D eigenvalue weighted by Crippen LogP contribution is -2.43. The molecule has 0 spiro atoms. The van der Waals surface area contributed by atoms with Crippen LogP contribution in [0.2, 0.25) is 0 Å². The van der Waals surface area contributed by atoms with Gasteiger partial charge in [0.1, 0.15) is 0 Å². The van der Waals surface area contributed by atoms with Crippen LogP contribution in [0.5, 0.6) is 0 Å². The smallest absolute Gasteiger partial charge is 0.0808 e. The second-order valence-corrected chi connectivity index (χ2v) is 7.36. The van der Waals surface area contributed by atoms with Crippen LogP contribution in [0.25, 0.3) is 5.70 Å². The fourth-order valence-corrected chi connectivity index (χ4v) is 3.92. The molecule has 27 heavy (non-hydrogen) atoms. The van der Waals surface area contributed by atoms with E-state index in [0.29, 0.717) is 12.8 Å². The fraction of sp³-hybridized carbons (Fsp3) is 0.200. The minimum absolute atomic E-state index is 0.0492. The summed E-state index contributed by atoms with van der Waals surface area (Å²) >= 11 is 0. The van der Waals surface area contributed by atoms with Gasteiger partial charge in [-0.25, -0.2) is 0 Å². The average Bonchev–Trinajstić information content (AvgIpc) is 3.21. The lowest BCUT2D eigenvalue weighted by atomic mass is 9.78. The van der Waals surface area contributed by atoms with Crippen molar-refractivity contribution in [3.63, 3.8) is 0 Å². The number of rotatable bonds is 6. The molecule has 0 fully saturated rings. The van der Waals surface area contributed by atoms with Crippen LogP contribution in [0.15, 0.2) is 97.1 Å². The third kappa shape index (κ3) is 4.12. The Morgan fingerprint density at radius 3 is 1.74 bits per heavy atom.